The van der Waals surface area contributed by atoms with Crippen LogP contribution in [0.3, 0.4) is 0 Å². The van der Waals surface area contributed by atoms with Gasteiger partial charge in [-0.3, -0.25) is 9.63 Å². The van der Waals surface area contributed by atoms with Crippen LogP contribution in [-0.4, -0.2) is 33.6 Å². The van der Waals surface area contributed by atoms with Crippen molar-refractivity contribution in [2.24, 2.45) is 0 Å². The van der Waals surface area contributed by atoms with E-state index in [-0.39, 0.29) is 12.3 Å². The van der Waals surface area contributed by atoms with Crippen molar-refractivity contribution in [3.8, 4) is 0 Å². The van der Waals surface area contributed by atoms with E-state index in [9.17, 15) is 9.59 Å². The molecule has 0 unspecified atom stereocenters. The molecule has 0 saturated heterocycles. The average Bonchev–Trinajstić information content (AvgIpc) is 2.78. The smallest absolute Gasteiger partial charge is 0.332 e. The second kappa shape index (κ2) is 5.96. The third-order valence-electron chi connectivity index (χ3n) is 2.41. The predicted molar refractivity (Wildman–Crippen MR) is 66.1 cm³/mol. The number of hydrogen-bond acceptors (Lipinski definition) is 4. The number of aliphatic carboxylic acids is 1. The fraction of sp³-hybridized carbons (Fsp3) is 0.250. The second-order valence-electron chi connectivity index (χ2n) is 3.91. The highest BCUT2D eigenvalue weighted by atomic mass is 16.7. The van der Waals surface area contributed by atoms with Crippen LogP contribution in [0.4, 0.5) is 0 Å². The van der Waals surface area contributed by atoms with Gasteiger partial charge in [0.05, 0.1) is 11.0 Å². The number of aromatic amines is 1. The normalized spacial score (nSPS) is 10.5. The molecule has 0 aliphatic rings. The number of para-hydroxylation sites is 2. The highest BCUT2D eigenvalue weighted by Crippen LogP contribution is 2.11. The number of imidazole rings is 1. The predicted octanol–water partition coefficient (Wildman–Crippen LogP) is 0.628. The molecule has 100 valence electrons. The van der Waals surface area contributed by atoms with Gasteiger partial charge < -0.3 is 10.1 Å². The average molecular weight is 263 g/mol. The summed E-state index contributed by atoms with van der Waals surface area (Å²) in [5, 5.41) is 8.32. The Labute approximate surface area is 108 Å². The molecule has 0 saturated carbocycles. The zero-order valence-electron chi connectivity index (χ0n) is 10.0. The standard InChI is InChI=1S/C12H13N3O4/c16-11(15-19-7-12(17)18)6-5-10-13-8-3-1-2-4-9(8)14-10/h1-4H,5-7H2,(H,13,14)(H,15,16)(H,17,18). The van der Waals surface area contributed by atoms with Gasteiger partial charge in [-0.2, -0.15) is 0 Å². The topological polar surface area (TPSA) is 104 Å². The molecule has 3 N–H and O–H groups in total. The largest absolute Gasteiger partial charge is 0.479 e. The summed E-state index contributed by atoms with van der Waals surface area (Å²) in [4.78, 5) is 33.4. The summed E-state index contributed by atoms with van der Waals surface area (Å²) in [6.45, 7) is -0.559. The van der Waals surface area contributed by atoms with Crippen LogP contribution in [0.1, 0.15) is 12.2 Å². The Morgan fingerprint density at radius 1 is 1.37 bits per heavy atom. The Hall–Kier alpha value is -2.41. The Morgan fingerprint density at radius 3 is 2.89 bits per heavy atom. The van der Waals surface area contributed by atoms with E-state index in [2.05, 4.69) is 20.3 Å². The maximum absolute atomic E-state index is 11.3. The fourth-order valence-electron chi connectivity index (χ4n) is 1.59. The van der Waals surface area contributed by atoms with Crippen LogP contribution in [0.25, 0.3) is 11.0 Å². The van der Waals surface area contributed by atoms with Gasteiger partial charge in [-0.15, -0.1) is 0 Å². The van der Waals surface area contributed by atoms with Crippen molar-refractivity contribution in [1.82, 2.24) is 15.4 Å². The van der Waals surface area contributed by atoms with E-state index in [4.69, 9.17) is 5.11 Å². The lowest BCUT2D eigenvalue weighted by molar-refractivity contribution is -0.149. The summed E-state index contributed by atoms with van der Waals surface area (Å²) in [6.07, 6.45) is 0.594. The number of aryl methyl sites for hydroxylation is 1. The Bertz CT molecular complexity index is 560. The van der Waals surface area contributed by atoms with E-state index < -0.39 is 12.6 Å². The molecular formula is C12H13N3O4. The number of H-pyrrole nitrogens is 1. The van der Waals surface area contributed by atoms with Gasteiger partial charge in [-0.1, -0.05) is 12.1 Å². The minimum Gasteiger partial charge on any atom is -0.479 e. The summed E-state index contributed by atoms with van der Waals surface area (Å²) >= 11 is 0. The molecule has 7 heteroatoms. The Kier molecular flexibility index (Phi) is 4.09. The minimum absolute atomic E-state index is 0.166. The molecule has 0 atom stereocenters. The van der Waals surface area contributed by atoms with Crippen molar-refractivity contribution in [2.75, 3.05) is 6.61 Å². The maximum atomic E-state index is 11.3. The van der Waals surface area contributed by atoms with Crippen LogP contribution in [0, 0.1) is 0 Å². The van der Waals surface area contributed by atoms with Gasteiger partial charge in [0.2, 0.25) is 5.91 Å². The number of carbonyl (C=O) groups is 2. The first kappa shape index (κ1) is 13.0. The number of carboxylic acids is 1. The van der Waals surface area contributed by atoms with Crippen molar-refractivity contribution in [2.45, 2.75) is 12.8 Å². The molecule has 0 spiro atoms. The third kappa shape index (κ3) is 3.78. The number of nitrogens with zero attached hydrogens (tertiary/aromatic N) is 1. The molecule has 0 aliphatic carbocycles. The summed E-state index contributed by atoms with van der Waals surface area (Å²) < 4.78 is 0. The summed E-state index contributed by atoms with van der Waals surface area (Å²) in [5.74, 6) is -0.825. The summed E-state index contributed by atoms with van der Waals surface area (Å²) in [5.41, 5.74) is 3.82. The van der Waals surface area contributed by atoms with E-state index in [0.717, 1.165) is 11.0 Å². The van der Waals surface area contributed by atoms with Crippen molar-refractivity contribution in [3.05, 3.63) is 30.1 Å². The molecule has 0 fully saturated rings. The van der Waals surface area contributed by atoms with Crippen molar-refractivity contribution < 1.29 is 19.5 Å². The quantitative estimate of drug-likeness (QED) is 0.663. The Morgan fingerprint density at radius 2 is 2.16 bits per heavy atom. The van der Waals surface area contributed by atoms with E-state index in [1.165, 1.54) is 0 Å². The van der Waals surface area contributed by atoms with Crippen LogP contribution in [0.15, 0.2) is 24.3 Å². The van der Waals surface area contributed by atoms with Gasteiger partial charge in [-0.25, -0.2) is 15.3 Å². The number of fused-ring (bicyclic) bond motifs is 1. The molecule has 1 aromatic heterocycles. The molecule has 2 aromatic rings. The van der Waals surface area contributed by atoms with Crippen LogP contribution in [0.2, 0.25) is 0 Å². The molecule has 7 nitrogen and oxygen atoms in total. The van der Waals surface area contributed by atoms with Crippen LogP contribution in [-0.2, 0) is 20.8 Å². The lowest BCUT2D eigenvalue weighted by Crippen LogP contribution is -2.26. The molecule has 2 rings (SSSR count). The van der Waals surface area contributed by atoms with Gasteiger partial charge in [0.15, 0.2) is 6.61 Å². The minimum atomic E-state index is -1.14. The molecule has 1 aromatic carbocycles. The van der Waals surface area contributed by atoms with Gasteiger partial charge in [0, 0.05) is 12.8 Å². The maximum Gasteiger partial charge on any atom is 0.332 e. The van der Waals surface area contributed by atoms with Crippen molar-refractivity contribution in [3.63, 3.8) is 0 Å². The van der Waals surface area contributed by atoms with E-state index in [1.807, 2.05) is 24.3 Å². The van der Waals surface area contributed by atoms with Gasteiger partial charge in [-0.05, 0) is 12.1 Å². The molecule has 19 heavy (non-hydrogen) atoms. The van der Waals surface area contributed by atoms with E-state index >= 15 is 0 Å². The number of rotatable bonds is 6. The number of aromatic nitrogens is 2. The van der Waals surface area contributed by atoms with Crippen molar-refractivity contribution >= 4 is 22.9 Å². The number of hydrogen-bond donors (Lipinski definition) is 3. The number of carboxylic acid groups (broad SMARTS) is 1. The highest BCUT2D eigenvalue weighted by Gasteiger charge is 2.07. The van der Waals surface area contributed by atoms with Crippen LogP contribution < -0.4 is 5.48 Å². The first-order valence-electron chi connectivity index (χ1n) is 5.71. The van der Waals surface area contributed by atoms with E-state index in [1.54, 1.807) is 0 Å². The highest BCUT2D eigenvalue weighted by molar-refractivity contribution is 5.76. The lowest BCUT2D eigenvalue weighted by Gasteiger charge is -2.02. The summed E-state index contributed by atoms with van der Waals surface area (Å²) in [7, 11) is 0. The SMILES string of the molecule is O=C(O)CONC(=O)CCc1nc2ccccc2[nH]1. The number of nitrogens with one attached hydrogen (secondary N) is 2. The number of hydroxylamine groups is 1. The Balaban J connectivity index is 1.81. The van der Waals surface area contributed by atoms with Gasteiger partial charge >= 0.3 is 5.97 Å². The van der Waals surface area contributed by atoms with Gasteiger partial charge in [0.1, 0.15) is 5.82 Å². The molecule has 0 radical (unpaired) electrons. The molecule has 0 aliphatic heterocycles. The van der Waals surface area contributed by atoms with Crippen LogP contribution in [0.5, 0.6) is 0 Å². The first-order chi connectivity index (χ1) is 9.15. The van der Waals surface area contributed by atoms with Crippen molar-refractivity contribution in [1.29, 1.82) is 0 Å². The molecule has 1 heterocycles. The molecular weight excluding hydrogens is 250 g/mol. The summed E-state index contributed by atoms with van der Waals surface area (Å²) in [6, 6.07) is 7.57. The zero-order chi connectivity index (χ0) is 13.7. The number of carbonyl (C=O) groups excluding carboxylic acids is 1. The first-order valence-corrected chi connectivity index (χ1v) is 5.71. The number of amides is 1. The number of benzene rings is 1. The van der Waals surface area contributed by atoms with Gasteiger partial charge in [0.25, 0.3) is 0 Å². The van der Waals surface area contributed by atoms with Crippen LogP contribution >= 0.6 is 0 Å². The lowest BCUT2D eigenvalue weighted by atomic mass is 10.3. The fourth-order valence-corrected chi connectivity index (χ4v) is 1.59. The molecule has 1 amide bonds. The third-order valence-corrected chi connectivity index (χ3v) is 2.41. The zero-order valence-corrected chi connectivity index (χ0v) is 10.0. The second-order valence-corrected chi connectivity index (χ2v) is 3.91. The monoisotopic (exact) mass is 263 g/mol. The van der Waals surface area contributed by atoms with E-state index in [0.29, 0.717) is 12.2 Å². The molecule has 0 bridgehead atoms.